The number of H-pyrrole nitrogens is 1. The summed E-state index contributed by atoms with van der Waals surface area (Å²) in [5.74, 6) is -0.218. The quantitative estimate of drug-likeness (QED) is 0.748. The molecule has 3 rings (SSSR count). The Balaban J connectivity index is 2.45. The Bertz CT molecular complexity index is 1020. The van der Waals surface area contributed by atoms with Gasteiger partial charge >= 0.3 is 8.83 Å². The van der Waals surface area contributed by atoms with E-state index in [0.29, 0.717) is 18.2 Å². The van der Waals surface area contributed by atoms with E-state index in [1.54, 1.807) is 0 Å². The maximum absolute atomic E-state index is 12.6. The van der Waals surface area contributed by atoms with Crippen LogP contribution >= 0.6 is 0 Å². The van der Waals surface area contributed by atoms with E-state index in [9.17, 15) is 6.21 Å². The van der Waals surface area contributed by atoms with Crippen LogP contribution in [0, 0.1) is 25.2 Å². The van der Waals surface area contributed by atoms with E-state index in [-0.39, 0.29) is 12.3 Å². The van der Waals surface area contributed by atoms with Crippen molar-refractivity contribution in [1.29, 1.82) is 2.86 Å². The van der Waals surface area contributed by atoms with Gasteiger partial charge in [-0.25, -0.2) is 0 Å². The molecule has 1 unspecified atom stereocenters. The van der Waals surface area contributed by atoms with Crippen LogP contribution in [0.5, 0.6) is 0 Å². The second-order valence-electron chi connectivity index (χ2n) is 10.0. The first-order valence-electron chi connectivity index (χ1n) is 11.6. The maximum atomic E-state index is 12.6. The number of aromatic nitrogens is 1. The van der Waals surface area contributed by atoms with Crippen LogP contribution in [0.2, 0.25) is 1.41 Å². The number of nitrogens with one attached hydrogen (secondary N) is 1. The topological polar surface area (TPSA) is 65.0 Å². The van der Waals surface area contributed by atoms with E-state index in [2.05, 4.69) is 40.7 Å². The van der Waals surface area contributed by atoms with Gasteiger partial charge in [0.2, 0.25) is 0 Å². The lowest BCUT2D eigenvalue weighted by atomic mass is 9.69. The molecule has 1 aromatic heterocycles. The predicted molar refractivity (Wildman–Crippen MR) is 115 cm³/mol. The first-order valence-corrected chi connectivity index (χ1v) is 10.3. The Morgan fingerprint density at radius 1 is 1.46 bits per heavy atom. The first kappa shape index (κ1) is 17.1. The van der Waals surface area contributed by atoms with Gasteiger partial charge in [0.05, 0.1) is 12.3 Å². The molecule has 4 nitrogen and oxygen atoms in total. The minimum absolute atomic E-state index is 0.0689. The van der Waals surface area contributed by atoms with E-state index in [1.807, 2.05) is 20.8 Å². The van der Waals surface area contributed by atoms with Gasteiger partial charge in [0, 0.05) is 21.6 Å². The summed E-state index contributed by atoms with van der Waals surface area (Å²) in [4.78, 5) is 14.1. The van der Waals surface area contributed by atoms with E-state index in [0.717, 1.165) is 28.0 Å². The van der Waals surface area contributed by atoms with Crippen LogP contribution in [0.15, 0.2) is 6.07 Å². The number of rotatable bonds is 4. The monoisotopic (exact) mass is 389 g/mol. The zero-order chi connectivity index (χ0) is 23.5. The molecule has 0 fully saturated rings. The third kappa shape index (κ3) is 3.16. The Hall–Kier alpha value is -1.81. The molecule has 0 saturated heterocycles. The van der Waals surface area contributed by atoms with Crippen molar-refractivity contribution in [2.75, 3.05) is 6.61 Å². The molecular formula is C24H36NO3+. The van der Waals surface area contributed by atoms with Crippen molar-refractivity contribution in [3.63, 3.8) is 0 Å². The van der Waals surface area contributed by atoms with Gasteiger partial charge < -0.3 is 14.8 Å². The highest BCUT2D eigenvalue weighted by Gasteiger charge is 2.53. The van der Waals surface area contributed by atoms with Crippen molar-refractivity contribution in [2.45, 2.75) is 79.8 Å². The summed E-state index contributed by atoms with van der Waals surface area (Å²) in [6.45, 7) is 17.1. The van der Waals surface area contributed by atoms with Crippen molar-refractivity contribution < 1.29 is 16.1 Å². The highest BCUT2D eigenvalue weighted by Crippen LogP contribution is 2.53. The van der Waals surface area contributed by atoms with Crippen molar-refractivity contribution in [2.24, 2.45) is 11.3 Å². The van der Waals surface area contributed by atoms with Gasteiger partial charge in [-0.1, -0.05) is 41.5 Å². The summed E-state index contributed by atoms with van der Waals surface area (Å²) in [6, 6.07) is 2.17. The summed E-state index contributed by atoms with van der Waals surface area (Å²) >= 11 is 0. The summed E-state index contributed by atoms with van der Waals surface area (Å²) < 4.78 is 30.5. The fraction of sp³-hybridized carbons (Fsp3) is 0.625. The molecule has 0 radical (unpaired) electrons. The van der Waals surface area contributed by atoms with Crippen LogP contribution in [-0.4, -0.2) is 25.5 Å². The molecule has 1 aliphatic heterocycles. The summed E-state index contributed by atoms with van der Waals surface area (Å²) in [5.41, 5.74) is 4.55. The third-order valence-electron chi connectivity index (χ3n) is 6.39. The lowest BCUT2D eigenvalue weighted by Gasteiger charge is -2.46. The molecule has 1 aromatic carbocycles. The summed E-state index contributed by atoms with van der Waals surface area (Å²) in [7, 11) is 0. The molecule has 28 heavy (non-hydrogen) atoms. The van der Waals surface area contributed by atoms with Crippen molar-refractivity contribution >= 4 is 16.9 Å². The standard InChI is InChI=1S/C24H35NO3/c1-13(2)9-17-16(5)14(3)10-18-20-15(4)12-28-24(11-19(26)27,23(6,7)8)22(20)25-21(17)18/h10,13,15,25H,9,11-12H2,1-8H3,(H,26,27)/p+1/t15?,24-/m1/s1/i/hD3. The number of carbonyl (C=O) groups is 1. The van der Waals surface area contributed by atoms with E-state index in [4.69, 9.17) is 7.60 Å². The number of fused-ring (bicyclic) bond motifs is 3. The van der Waals surface area contributed by atoms with E-state index in [1.165, 1.54) is 21.7 Å². The fourth-order valence-corrected chi connectivity index (χ4v) is 4.66. The average Bonchev–Trinajstić information content (AvgIpc) is 2.93. The summed E-state index contributed by atoms with van der Waals surface area (Å²) in [6.07, 6.45) is 0.687. The first-order chi connectivity index (χ1) is 14.2. The molecule has 0 spiro atoms. The minimum atomic E-state index is -1.11. The number of carbonyl (C=O) groups excluding carboxylic acids is 1. The van der Waals surface area contributed by atoms with Crippen LogP contribution in [0.1, 0.15) is 81.8 Å². The van der Waals surface area contributed by atoms with E-state index >= 15 is 0 Å². The van der Waals surface area contributed by atoms with Crippen LogP contribution in [0.3, 0.4) is 0 Å². The number of benzene rings is 1. The minimum Gasteiger partial charge on any atom is -0.565 e. The van der Waals surface area contributed by atoms with Crippen LogP contribution in [0.4, 0.5) is 0 Å². The molecule has 3 N–H and O–H groups in total. The number of hydrogen-bond donors (Lipinski definition) is 1. The van der Waals surface area contributed by atoms with Gasteiger partial charge in [-0.15, -0.1) is 0 Å². The molecule has 2 aromatic rings. The largest absolute Gasteiger partial charge is 0.565 e. The Labute approximate surface area is 173 Å². The summed E-state index contributed by atoms with van der Waals surface area (Å²) in [5, 5.41) is 2.03. The van der Waals surface area contributed by atoms with Crippen molar-refractivity contribution in [3.8, 4) is 0 Å². The Kier molecular flexibility index (Phi) is 4.22. The lowest BCUT2D eigenvalue weighted by molar-refractivity contribution is -0.169. The molecule has 0 amide bonds. The number of aromatic amines is 1. The Morgan fingerprint density at radius 3 is 2.71 bits per heavy atom. The van der Waals surface area contributed by atoms with Crippen LogP contribution < -0.4 is 0 Å². The van der Waals surface area contributed by atoms with Gasteiger partial charge in [0.15, 0.2) is 1.41 Å². The van der Waals surface area contributed by atoms with Crippen molar-refractivity contribution in [3.05, 3.63) is 34.0 Å². The molecular weight excluding hydrogens is 350 g/mol. The van der Waals surface area contributed by atoms with Gasteiger partial charge in [-0.2, -0.15) is 0 Å². The van der Waals surface area contributed by atoms with Crippen LogP contribution in [0.25, 0.3) is 10.9 Å². The van der Waals surface area contributed by atoms with Crippen molar-refractivity contribution in [1.82, 2.24) is 4.98 Å². The highest BCUT2D eigenvalue weighted by molar-refractivity contribution is 5.90. The molecule has 0 bridgehead atoms. The average molecular weight is 390 g/mol. The Morgan fingerprint density at radius 2 is 2.14 bits per heavy atom. The van der Waals surface area contributed by atoms with Crippen LogP contribution in [-0.2, 0) is 21.6 Å². The lowest BCUT2D eigenvalue weighted by Crippen LogP contribution is -2.48. The van der Waals surface area contributed by atoms with Gasteiger partial charge in [0.25, 0.3) is 0 Å². The number of hydrogen-bond acceptors (Lipinski definition) is 2. The number of ether oxygens (including phenoxy) is 1. The van der Waals surface area contributed by atoms with Gasteiger partial charge in [-0.05, 0) is 59.9 Å². The van der Waals surface area contributed by atoms with E-state index < -0.39 is 17.0 Å². The van der Waals surface area contributed by atoms with Gasteiger partial charge in [-0.3, -0.25) is 0 Å². The SMILES string of the molecule is [2H]n1c2c(c3cc(C)c(C)c(CC(C)C)c31)C(C)CO[C@@]2(CC(=O)[O+]([2H])[2H])C(C)(C)C. The molecule has 4 heteroatoms. The molecule has 1 aliphatic rings. The zero-order valence-corrected chi connectivity index (χ0v) is 18.5. The normalized spacial score (nSPS) is 24.0. The molecule has 154 valence electrons. The van der Waals surface area contributed by atoms with Gasteiger partial charge in [0.1, 0.15) is 12.0 Å². The highest BCUT2D eigenvalue weighted by atomic mass is 16.5. The molecule has 0 saturated carbocycles. The fourth-order valence-electron chi connectivity index (χ4n) is 4.66. The maximum Gasteiger partial charge on any atom is 0.519 e. The second kappa shape index (κ2) is 6.91. The zero-order valence-electron chi connectivity index (χ0n) is 21.5. The predicted octanol–water partition coefficient (Wildman–Crippen LogP) is 5.00. The molecule has 0 aliphatic carbocycles. The second-order valence-corrected chi connectivity index (χ2v) is 10.0. The third-order valence-corrected chi connectivity index (χ3v) is 6.39. The molecule has 2 atom stereocenters. The number of aryl methyl sites for hydroxylation is 1. The smallest absolute Gasteiger partial charge is 0.519 e. The molecule has 2 heterocycles.